The van der Waals surface area contributed by atoms with Crippen LogP contribution in [0.5, 0.6) is 0 Å². The zero-order valence-corrected chi connectivity index (χ0v) is 14.6. The fourth-order valence-electron chi connectivity index (χ4n) is 2.43. The van der Waals surface area contributed by atoms with Crippen molar-refractivity contribution in [3.8, 4) is 0 Å². The molecule has 1 aliphatic heterocycles. The van der Waals surface area contributed by atoms with Crippen molar-refractivity contribution in [3.63, 3.8) is 0 Å². The van der Waals surface area contributed by atoms with E-state index in [1.165, 1.54) is 0 Å². The lowest BCUT2D eigenvalue weighted by Crippen LogP contribution is -2.37. The van der Waals surface area contributed by atoms with Gasteiger partial charge in [0, 0.05) is 25.4 Å². The maximum atomic E-state index is 12.8. The number of sulfonamides is 1. The van der Waals surface area contributed by atoms with Crippen LogP contribution in [0.4, 0.5) is 0 Å². The van der Waals surface area contributed by atoms with E-state index in [9.17, 15) is 8.42 Å². The average molecular weight is 329 g/mol. The molecular formula is C15H24N2O2S2. The second-order valence-corrected chi connectivity index (χ2v) is 8.55. The molecule has 1 saturated heterocycles. The molecule has 1 atom stereocenters. The first kappa shape index (κ1) is 16.8. The monoisotopic (exact) mass is 328 g/mol. The molecule has 1 aliphatic rings. The van der Waals surface area contributed by atoms with Gasteiger partial charge in [0.15, 0.2) is 0 Å². The van der Waals surface area contributed by atoms with Crippen molar-refractivity contribution in [1.29, 1.82) is 0 Å². The quantitative estimate of drug-likeness (QED) is 0.870. The highest BCUT2D eigenvalue weighted by molar-refractivity contribution is 7.99. The van der Waals surface area contributed by atoms with E-state index in [0.717, 1.165) is 35.6 Å². The Morgan fingerprint density at radius 3 is 2.81 bits per heavy atom. The molecule has 1 aromatic rings. The lowest BCUT2D eigenvalue weighted by Gasteiger charge is -2.23. The highest BCUT2D eigenvalue weighted by Crippen LogP contribution is 2.27. The molecule has 0 amide bonds. The molecule has 1 fully saturated rings. The van der Waals surface area contributed by atoms with Gasteiger partial charge in [0.05, 0.1) is 4.90 Å². The van der Waals surface area contributed by atoms with Gasteiger partial charge in [-0.15, -0.1) is 0 Å². The Bertz CT molecular complexity index is 581. The van der Waals surface area contributed by atoms with Crippen LogP contribution in [0.15, 0.2) is 23.1 Å². The van der Waals surface area contributed by atoms with Gasteiger partial charge in [0.2, 0.25) is 10.0 Å². The average Bonchev–Trinajstić information content (AvgIpc) is 2.99. The normalized spacial score (nSPS) is 19.3. The van der Waals surface area contributed by atoms with Crippen LogP contribution >= 0.6 is 11.8 Å². The maximum Gasteiger partial charge on any atom is 0.243 e. The van der Waals surface area contributed by atoms with E-state index in [0.29, 0.717) is 11.4 Å². The van der Waals surface area contributed by atoms with E-state index in [1.807, 2.05) is 37.7 Å². The number of hydrogen-bond acceptors (Lipinski definition) is 4. The molecule has 6 heteroatoms. The molecule has 0 aliphatic carbocycles. The van der Waals surface area contributed by atoms with Gasteiger partial charge in [-0.3, -0.25) is 0 Å². The van der Waals surface area contributed by atoms with Crippen LogP contribution in [0.3, 0.4) is 0 Å². The topological polar surface area (TPSA) is 49.4 Å². The summed E-state index contributed by atoms with van der Waals surface area (Å²) in [7, 11) is -1.69. The Morgan fingerprint density at radius 1 is 1.43 bits per heavy atom. The molecule has 2 rings (SSSR count). The fraction of sp³-hybridized carbons (Fsp3) is 0.600. The van der Waals surface area contributed by atoms with Crippen LogP contribution in [-0.4, -0.2) is 43.9 Å². The number of thioether (sulfide) groups is 1. The summed E-state index contributed by atoms with van der Waals surface area (Å²) in [5.41, 5.74) is 2.17. The number of benzene rings is 1. The predicted octanol–water partition coefficient (Wildman–Crippen LogP) is 2.23. The SMILES string of the molecule is CCNCc1cc(S(=O)(=O)N(C)C2CCSC2)ccc1C. The van der Waals surface area contributed by atoms with Crippen molar-refractivity contribution in [2.45, 2.75) is 37.8 Å². The Balaban J connectivity index is 2.26. The van der Waals surface area contributed by atoms with E-state index >= 15 is 0 Å². The number of hydrogen-bond donors (Lipinski definition) is 1. The summed E-state index contributed by atoms with van der Waals surface area (Å²) in [6, 6.07) is 5.56. The Hall–Kier alpha value is -0.560. The molecule has 1 aromatic carbocycles. The van der Waals surface area contributed by atoms with E-state index in [1.54, 1.807) is 17.4 Å². The third kappa shape index (κ3) is 3.80. The second kappa shape index (κ2) is 7.13. The minimum absolute atomic E-state index is 0.124. The van der Waals surface area contributed by atoms with Crippen LogP contribution in [0, 0.1) is 6.92 Å². The smallest absolute Gasteiger partial charge is 0.243 e. The molecule has 1 unspecified atom stereocenters. The van der Waals surface area contributed by atoms with E-state index in [2.05, 4.69) is 5.32 Å². The van der Waals surface area contributed by atoms with Gasteiger partial charge < -0.3 is 5.32 Å². The van der Waals surface area contributed by atoms with Gasteiger partial charge in [0.1, 0.15) is 0 Å². The molecule has 118 valence electrons. The van der Waals surface area contributed by atoms with Crippen molar-refractivity contribution in [2.24, 2.45) is 0 Å². The molecule has 0 saturated carbocycles. The minimum atomic E-state index is -3.39. The predicted molar refractivity (Wildman–Crippen MR) is 89.2 cm³/mol. The van der Waals surface area contributed by atoms with Crippen LogP contribution in [0.1, 0.15) is 24.5 Å². The Labute approximate surface area is 132 Å². The highest BCUT2D eigenvalue weighted by Gasteiger charge is 2.30. The summed E-state index contributed by atoms with van der Waals surface area (Å²) < 4.78 is 27.1. The van der Waals surface area contributed by atoms with Crippen molar-refractivity contribution in [2.75, 3.05) is 25.1 Å². The largest absolute Gasteiger partial charge is 0.313 e. The summed E-state index contributed by atoms with van der Waals surface area (Å²) in [5, 5.41) is 3.26. The zero-order chi connectivity index (χ0) is 15.5. The second-order valence-electron chi connectivity index (χ2n) is 5.41. The number of aryl methyl sites for hydroxylation is 1. The van der Waals surface area contributed by atoms with E-state index in [4.69, 9.17) is 0 Å². The zero-order valence-electron chi connectivity index (χ0n) is 12.9. The molecule has 1 N–H and O–H groups in total. The van der Waals surface area contributed by atoms with Crippen LogP contribution in [-0.2, 0) is 16.6 Å². The highest BCUT2D eigenvalue weighted by atomic mass is 32.2. The molecule has 21 heavy (non-hydrogen) atoms. The summed E-state index contributed by atoms with van der Waals surface area (Å²) in [6.07, 6.45) is 0.941. The number of nitrogens with one attached hydrogen (secondary N) is 1. The van der Waals surface area contributed by atoms with Crippen molar-refractivity contribution in [3.05, 3.63) is 29.3 Å². The van der Waals surface area contributed by atoms with Crippen LogP contribution in [0.25, 0.3) is 0 Å². The summed E-state index contributed by atoms with van der Waals surface area (Å²) in [5.74, 6) is 1.94. The Kier molecular flexibility index (Phi) is 5.71. The lowest BCUT2D eigenvalue weighted by molar-refractivity contribution is 0.394. The molecule has 0 radical (unpaired) electrons. The minimum Gasteiger partial charge on any atom is -0.313 e. The maximum absolute atomic E-state index is 12.8. The van der Waals surface area contributed by atoms with Crippen LogP contribution in [0.2, 0.25) is 0 Å². The lowest BCUT2D eigenvalue weighted by atomic mass is 10.1. The molecule has 0 spiro atoms. The van der Waals surface area contributed by atoms with E-state index in [-0.39, 0.29) is 6.04 Å². The van der Waals surface area contributed by atoms with Crippen molar-refractivity contribution >= 4 is 21.8 Å². The first-order valence-electron chi connectivity index (χ1n) is 7.33. The summed E-state index contributed by atoms with van der Waals surface area (Å²) >= 11 is 1.82. The third-order valence-corrected chi connectivity index (χ3v) is 7.03. The first-order chi connectivity index (χ1) is 9.96. The standard InChI is InChI=1S/C15H24N2O2S2/c1-4-16-10-13-9-15(6-5-12(13)2)21(18,19)17(3)14-7-8-20-11-14/h5-6,9,14,16H,4,7-8,10-11H2,1-3H3. The number of rotatable bonds is 6. The molecule has 0 aromatic heterocycles. The molecule has 1 heterocycles. The van der Waals surface area contributed by atoms with Gasteiger partial charge in [-0.2, -0.15) is 16.1 Å². The van der Waals surface area contributed by atoms with Gasteiger partial charge in [-0.1, -0.05) is 13.0 Å². The van der Waals surface area contributed by atoms with Crippen molar-refractivity contribution < 1.29 is 8.42 Å². The first-order valence-corrected chi connectivity index (χ1v) is 9.92. The number of nitrogens with zero attached hydrogens (tertiary/aromatic N) is 1. The summed E-state index contributed by atoms with van der Waals surface area (Å²) in [4.78, 5) is 0.403. The molecular weight excluding hydrogens is 304 g/mol. The van der Waals surface area contributed by atoms with Crippen LogP contribution < -0.4 is 5.32 Å². The van der Waals surface area contributed by atoms with Crippen molar-refractivity contribution in [1.82, 2.24) is 9.62 Å². The Morgan fingerprint density at radius 2 is 2.19 bits per heavy atom. The molecule has 4 nitrogen and oxygen atoms in total. The van der Waals surface area contributed by atoms with Gasteiger partial charge >= 0.3 is 0 Å². The van der Waals surface area contributed by atoms with Gasteiger partial charge in [0.25, 0.3) is 0 Å². The summed E-state index contributed by atoms with van der Waals surface area (Å²) in [6.45, 7) is 5.63. The third-order valence-electron chi connectivity index (χ3n) is 3.98. The van der Waals surface area contributed by atoms with Gasteiger partial charge in [-0.05, 0) is 48.9 Å². The van der Waals surface area contributed by atoms with E-state index < -0.39 is 10.0 Å². The van der Waals surface area contributed by atoms with Gasteiger partial charge in [-0.25, -0.2) is 8.42 Å². The fourth-order valence-corrected chi connectivity index (χ4v) is 5.23. The molecule has 0 bridgehead atoms.